The van der Waals surface area contributed by atoms with E-state index in [2.05, 4.69) is 15.4 Å². The molecule has 3 aromatic carbocycles. The van der Waals surface area contributed by atoms with Crippen LogP contribution in [0.15, 0.2) is 60.7 Å². The second-order valence-electron chi connectivity index (χ2n) is 7.62. The van der Waals surface area contributed by atoms with Crippen LogP contribution in [-0.4, -0.2) is 20.7 Å². The standard InChI is InChI=1S/C25H23ClN4O/c1-15-8-6-13-21(18(15)4)30-24(19-11-7-12-20(26)14-19)28-23(29-30)25(31)27-22-16(2)9-5-10-17(22)3/h5-14H,1-4H3,(H,27,31). The molecule has 0 saturated heterocycles. The highest BCUT2D eigenvalue weighted by Crippen LogP contribution is 2.27. The Labute approximate surface area is 186 Å². The Kier molecular flexibility index (Phi) is 5.61. The Hall–Kier alpha value is -3.44. The molecule has 31 heavy (non-hydrogen) atoms. The Bertz CT molecular complexity index is 1270. The zero-order chi connectivity index (χ0) is 22.1. The van der Waals surface area contributed by atoms with Crippen LogP contribution in [0.1, 0.15) is 32.9 Å². The minimum absolute atomic E-state index is 0.0959. The molecule has 4 rings (SSSR count). The summed E-state index contributed by atoms with van der Waals surface area (Å²) < 4.78 is 1.72. The van der Waals surface area contributed by atoms with Gasteiger partial charge in [0.2, 0.25) is 5.82 Å². The number of carbonyl (C=O) groups is 1. The van der Waals surface area contributed by atoms with Crippen LogP contribution in [0.5, 0.6) is 0 Å². The maximum absolute atomic E-state index is 13.1. The van der Waals surface area contributed by atoms with Gasteiger partial charge in [0, 0.05) is 16.3 Å². The fourth-order valence-corrected chi connectivity index (χ4v) is 3.73. The van der Waals surface area contributed by atoms with Crippen molar-refractivity contribution in [1.29, 1.82) is 0 Å². The first kappa shape index (κ1) is 20.8. The molecule has 0 saturated carbocycles. The number of hydrogen-bond donors (Lipinski definition) is 1. The molecule has 0 unspecified atom stereocenters. The topological polar surface area (TPSA) is 59.8 Å². The molecule has 1 N–H and O–H groups in total. The Morgan fingerprint density at radius 3 is 2.26 bits per heavy atom. The first-order chi connectivity index (χ1) is 14.8. The van der Waals surface area contributed by atoms with Crippen molar-refractivity contribution in [3.8, 4) is 17.1 Å². The fraction of sp³-hybridized carbons (Fsp3) is 0.160. The molecule has 5 nitrogen and oxygen atoms in total. The lowest BCUT2D eigenvalue weighted by Crippen LogP contribution is -2.16. The van der Waals surface area contributed by atoms with Gasteiger partial charge in [-0.1, -0.05) is 54.1 Å². The highest BCUT2D eigenvalue weighted by Gasteiger charge is 2.21. The number of nitrogens with one attached hydrogen (secondary N) is 1. The first-order valence-corrected chi connectivity index (χ1v) is 10.4. The van der Waals surface area contributed by atoms with E-state index >= 15 is 0 Å². The van der Waals surface area contributed by atoms with Gasteiger partial charge in [0.1, 0.15) is 0 Å². The van der Waals surface area contributed by atoms with Gasteiger partial charge in [-0.05, 0) is 68.1 Å². The second kappa shape index (κ2) is 8.36. The molecule has 0 radical (unpaired) electrons. The molecule has 0 fully saturated rings. The number of benzene rings is 3. The minimum atomic E-state index is -0.357. The van der Waals surface area contributed by atoms with Gasteiger partial charge in [-0.25, -0.2) is 9.67 Å². The molecular weight excluding hydrogens is 408 g/mol. The molecule has 156 valence electrons. The van der Waals surface area contributed by atoms with Crippen LogP contribution in [0.3, 0.4) is 0 Å². The summed E-state index contributed by atoms with van der Waals surface area (Å²) in [6.07, 6.45) is 0. The highest BCUT2D eigenvalue weighted by atomic mass is 35.5. The molecule has 6 heteroatoms. The molecule has 0 atom stereocenters. The van der Waals surface area contributed by atoms with Crippen molar-refractivity contribution in [1.82, 2.24) is 14.8 Å². The molecule has 1 heterocycles. The van der Waals surface area contributed by atoms with Crippen LogP contribution in [0.2, 0.25) is 5.02 Å². The number of para-hydroxylation sites is 1. The number of amides is 1. The molecule has 0 aliphatic carbocycles. The second-order valence-corrected chi connectivity index (χ2v) is 8.06. The maximum atomic E-state index is 13.1. The number of nitrogens with zero attached hydrogens (tertiary/aromatic N) is 3. The summed E-state index contributed by atoms with van der Waals surface area (Å²) in [6, 6.07) is 19.3. The number of aryl methyl sites for hydroxylation is 3. The van der Waals surface area contributed by atoms with Crippen molar-refractivity contribution >= 4 is 23.2 Å². The van der Waals surface area contributed by atoms with Crippen LogP contribution in [0.4, 0.5) is 5.69 Å². The summed E-state index contributed by atoms with van der Waals surface area (Å²) in [4.78, 5) is 17.7. The summed E-state index contributed by atoms with van der Waals surface area (Å²) in [5, 5.41) is 8.16. The van der Waals surface area contributed by atoms with Crippen molar-refractivity contribution in [2.24, 2.45) is 0 Å². The molecule has 0 aliphatic heterocycles. The smallest absolute Gasteiger partial charge is 0.295 e. The predicted molar refractivity (Wildman–Crippen MR) is 125 cm³/mol. The lowest BCUT2D eigenvalue weighted by Gasteiger charge is -2.11. The van der Waals surface area contributed by atoms with Crippen LogP contribution in [0, 0.1) is 27.7 Å². The average Bonchev–Trinajstić information content (AvgIpc) is 3.18. The Balaban J connectivity index is 1.83. The molecular formula is C25H23ClN4O. The third kappa shape index (κ3) is 4.09. The number of aromatic nitrogens is 3. The van der Waals surface area contributed by atoms with Gasteiger partial charge in [-0.2, -0.15) is 0 Å². The third-order valence-electron chi connectivity index (χ3n) is 5.42. The fourth-order valence-electron chi connectivity index (χ4n) is 3.54. The van der Waals surface area contributed by atoms with Gasteiger partial charge >= 0.3 is 0 Å². The number of carbonyl (C=O) groups excluding carboxylic acids is 1. The SMILES string of the molecule is Cc1cccc(-n2nc(C(=O)Nc3c(C)cccc3C)nc2-c2cccc(Cl)c2)c1C. The van der Waals surface area contributed by atoms with E-state index in [1.54, 1.807) is 10.7 Å². The lowest BCUT2D eigenvalue weighted by molar-refractivity contribution is 0.101. The molecule has 0 bridgehead atoms. The van der Waals surface area contributed by atoms with Gasteiger partial charge < -0.3 is 5.32 Å². The van der Waals surface area contributed by atoms with Crippen LogP contribution < -0.4 is 5.32 Å². The van der Waals surface area contributed by atoms with Crippen LogP contribution >= 0.6 is 11.6 Å². The van der Waals surface area contributed by atoms with Crippen molar-refractivity contribution in [2.75, 3.05) is 5.32 Å². The van der Waals surface area contributed by atoms with E-state index in [-0.39, 0.29) is 11.7 Å². The van der Waals surface area contributed by atoms with E-state index in [4.69, 9.17) is 11.6 Å². The van der Waals surface area contributed by atoms with Gasteiger partial charge in [-0.15, -0.1) is 5.10 Å². The summed E-state index contributed by atoms with van der Waals surface area (Å²) >= 11 is 6.22. The van der Waals surface area contributed by atoms with Crippen molar-refractivity contribution in [3.05, 3.63) is 93.8 Å². The summed E-state index contributed by atoms with van der Waals surface area (Å²) in [5.41, 5.74) is 6.60. The minimum Gasteiger partial charge on any atom is -0.319 e. The van der Waals surface area contributed by atoms with E-state index < -0.39 is 0 Å². The highest BCUT2D eigenvalue weighted by molar-refractivity contribution is 6.30. The number of rotatable bonds is 4. The molecule has 0 aliphatic rings. The van der Waals surface area contributed by atoms with Crippen molar-refractivity contribution < 1.29 is 4.79 Å². The van der Waals surface area contributed by atoms with Crippen molar-refractivity contribution in [2.45, 2.75) is 27.7 Å². The third-order valence-corrected chi connectivity index (χ3v) is 5.65. The first-order valence-electron chi connectivity index (χ1n) is 10.0. The summed E-state index contributed by atoms with van der Waals surface area (Å²) in [5.74, 6) is 0.297. The lowest BCUT2D eigenvalue weighted by atomic mass is 10.1. The number of anilines is 1. The maximum Gasteiger partial charge on any atom is 0.295 e. The zero-order valence-electron chi connectivity index (χ0n) is 17.9. The average molecular weight is 431 g/mol. The number of hydrogen-bond acceptors (Lipinski definition) is 3. The molecule has 4 aromatic rings. The van der Waals surface area contributed by atoms with E-state index in [9.17, 15) is 4.79 Å². The van der Waals surface area contributed by atoms with Gasteiger partial charge in [-0.3, -0.25) is 4.79 Å². The monoisotopic (exact) mass is 430 g/mol. The number of halogens is 1. The van der Waals surface area contributed by atoms with Gasteiger partial charge in [0.05, 0.1) is 5.69 Å². The molecule has 0 spiro atoms. The summed E-state index contributed by atoms with van der Waals surface area (Å²) in [7, 11) is 0. The van der Waals surface area contributed by atoms with Crippen molar-refractivity contribution in [3.63, 3.8) is 0 Å². The predicted octanol–water partition coefficient (Wildman–Crippen LogP) is 6.07. The quantitative estimate of drug-likeness (QED) is 0.427. The molecule has 1 amide bonds. The van der Waals surface area contributed by atoms with E-state index in [0.717, 1.165) is 39.2 Å². The van der Waals surface area contributed by atoms with Crippen LogP contribution in [-0.2, 0) is 0 Å². The van der Waals surface area contributed by atoms with Gasteiger partial charge in [0.15, 0.2) is 5.82 Å². The Morgan fingerprint density at radius 1 is 0.903 bits per heavy atom. The van der Waals surface area contributed by atoms with E-state index in [1.165, 1.54) is 0 Å². The van der Waals surface area contributed by atoms with Crippen LogP contribution in [0.25, 0.3) is 17.1 Å². The normalized spacial score (nSPS) is 10.9. The van der Waals surface area contributed by atoms with Gasteiger partial charge in [0.25, 0.3) is 5.91 Å². The van der Waals surface area contributed by atoms with E-state index in [1.807, 2.05) is 82.3 Å². The summed E-state index contributed by atoms with van der Waals surface area (Å²) in [6.45, 7) is 8.00. The molecule has 1 aromatic heterocycles. The van der Waals surface area contributed by atoms with E-state index in [0.29, 0.717) is 10.8 Å². The largest absolute Gasteiger partial charge is 0.319 e. The zero-order valence-corrected chi connectivity index (χ0v) is 18.7. The Morgan fingerprint density at radius 2 is 1.55 bits per heavy atom.